The van der Waals surface area contributed by atoms with Crippen LogP contribution in [0.15, 0.2) is 39.5 Å². The second-order valence-electron chi connectivity index (χ2n) is 2.85. The van der Waals surface area contributed by atoms with Crippen molar-refractivity contribution in [3.63, 3.8) is 0 Å². The number of nitrogens with zero attached hydrogens (tertiary/aromatic N) is 1. The highest BCUT2D eigenvalue weighted by Gasteiger charge is 2.09. The second kappa shape index (κ2) is 3.86. The van der Waals surface area contributed by atoms with Crippen molar-refractivity contribution in [2.75, 3.05) is 0 Å². The zero-order chi connectivity index (χ0) is 10.8. The van der Waals surface area contributed by atoms with Gasteiger partial charge in [0.25, 0.3) is 0 Å². The molecule has 0 spiro atoms. The summed E-state index contributed by atoms with van der Waals surface area (Å²) >= 11 is 3.15. The minimum absolute atomic E-state index is 0.170. The molecular weight excluding hydrogens is 262 g/mol. The number of halogens is 1. The average Bonchev–Trinajstić information content (AvgIpc) is 2.69. The topological polar surface area (TPSA) is 63.3 Å². The number of rotatable bonds is 2. The van der Waals surface area contributed by atoms with Crippen LogP contribution >= 0.6 is 15.9 Å². The quantitative estimate of drug-likeness (QED) is 0.850. The summed E-state index contributed by atoms with van der Waals surface area (Å²) < 4.78 is 5.60. The Bertz CT molecular complexity index is 493. The number of carbonyl (C=O) groups is 1. The van der Waals surface area contributed by atoms with Gasteiger partial charge in [-0.25, -0.2) is 9.78 Å². The number of hydrogen-bond acceptors (Lipinski definition) is 3. The van der Waals surface area contributed by atoms with Gasteiger partial charge in [0, 0.05) is 0 Å². The third kappa shape index (κ3) is 2.07. The number of carboxylic acid groups (broad SMARTS) is 1. The SMILES string of the molecule is O=C(O)c1cc(Br)nc(-c2ccco2)c1. The van der Waals surface area contributed by atoms with Crippen LogP contribution in [0.1, 0.15) is 10.4 Å². The standard InChI is InChI=1S/C10H6BrNO3/c11-9-5-6(10(13)14)4-7(12-9)8-2-1-3-15-8/h1-5H,(H,13,14). The number of carboxylic acids is 1. The summed E-state index contributed by atoms with van der Waals surface area (Å²) in [6.07, 6.45) is 1.51. The van der Waals surface area contributed by atoms with Crippen molar-refractivity contribution in [2.45, 2.75) is 0 Å². The molecule has 0 unspecified atom stereocenters. The molecule has 0 amide bonds. The minimum atomic E-state index is -0.995. The molecular formula is C10H6BrNO3. The maximum Gasteiger partial charge on any atom is 0.335 e. The monoisotopic (exact) mass is 267 g/mol. The van der Waals surface area contributed by atoms with Crippen molar-refractivity contribution in [2.24, 2.45) is 0 Å². The molecule has 2 aromatic heterocycles. The number of aromatic carboxylic acids is 1. The molecule has 0 aliphatic heterocycles. The molecule has 0 atom stereocenters. The molecule has 4 nitrogen and oxygen atoms in total. The molecule has 15 heavy (non-hydrogen) atoms. The molecule has 2 heterocycles. The van der Waals surface area contributed by atoms with E-state index in [1.807, 2.05) is 0 Å². The van der Waals surface area contributed by atoms with Gasteiger partial charge in [-0.3, -0.25) is 0 Å². The van der Waals surface area contributed by atoms with Crippen LogP contribution in [0.2, 0.25) is 0 Å². The first-order chi connectivity index (χ1) is 7.16. The van der Waals surface area contributed by atoms with Crippen LogP contribution in [0.5, 0.6) is 0 Å². The Labute approximate surface area is 93.7 Å². The van der Waals surface area contributed by atoms with Crippen molar-refractivity contribution in [3.05, 3.63) is 40.7 Å². The Morgan fingerprint density at radius 2 is 2.27 bits per heavy atom. The molecule has 0 saturated heterocycles. The summed E-state index contributed by atoms with van der Waals surface area (Å²) in [5.41, 5.74) is 0.662. The van der Waals surface area contributed by atoms with Crippen LogP contribution in [0, 0.1) is 0 Å². The Hall–Kier alpha value is -1.62. The molecule has 0 fully saturated rings. The van der Waals surface area contributed by atoms with Gasteiger partial charge in [0.1, 0.15) is 10.3 Å². The van der Waals surface area contributed by atoms with E-state index in [0.717, 1.165) is 0 Å². The van der Waals surface area contributed by atoms with Gasteiger partial charge >= 0.3 is 5.97 Å². The third-order valence-corrected chi connectivity index (χ3v) is 2.22. The third-order valence-electron chi connectivity index (χ3n) is 1.81. The van der Waals surface area contributed by atoms with Crippen molar-refractivity contribution < 1.29 is 14.3 Å². The first kappa shape index (κ1) is 9.92. The molecule has 5 heteroatoms. The Morgan fingerprint density at radius 3 is 2.87 bits per heavy atom. The van der Waals surface area contributed by atoms with Gasteiger partial charge in [0.05, 0.1) is 11.8 Å². The highest BCUT2D eigenvalue weighted by atomic mass is 79.9. The van der Waals surface area contributed by atoms with E-state index >= 15 is 0 Å². The largest absolute Gasteiger partial charge is 0.478 e. The zero-order valence-electron chi connectivity index (χ0n) is 7.48. The van der Waals surface area contributed by atoms with E-state index < -0.39 is 5.97 Å². The molecule has 0 bridgehead atoms. The summed E-state index contributed by atoms with van der Waals surface area (Å²) in [5, 5.41) is 8.85. The smallest absolute Gasteiger partial charge is 0.335 e. The molecule has 0 radical (unpaired) electrons. The fourth-order valence-corrected chi connectivity index (χ4v) is 1.61. The van der Waals surface area contributed by atoms with Gasteiger partial charge in [-0.05, 0) is 40.2 Å². The van der Waals surface area contributed by atoms with E-state index in [-0.39, 0.29) is 5.56 Å². The summed E-state index contributed by atoms with van der Waals surface area (Å²) in [6.45, 7) is 0. The molecule has 0 saturated carbocycles. The van der Waals surface area contributed by atoms with Gasteiger partial charge in [0.15, 0.2) is 5.76 Å². The minimum Gasteiger partial charge on any atom is -0.478 e. The van der Waals surface area contributed by atoms with Gasteiger partial charge in [-0.1, -0.05) is 0 Å². The number of aromatic nitrogens is 1. The molecule has 0 aliphatic rings. The lowest BCUT2D eigenvalue weighted by Crippen LogP contribution is -1.98. The van der Waals surface area contributed by atoms with Gasteiger partial charge < -0.3 is 9.52 Å². The summed E-state index contributed by atoms with van der Waals surface area (Å²) in [7, 11) is 0. The fourth-order valence-electron chi connectivity index (χ4n) is 1.17. The summed E-state index contributed by atoms with van der Waals surface area (Å²) in [6, 6.07) is 6.35. The van der Waals surface area contributed by atoms with Crippen LogP contribution in [0.3, 0.4) is 0 Å². The maximum atomic E-state index is 10.8. The maximum absolute atomic E-state index is 10.8. The van der Waals surface area contributed by atoms with Crippen molar-refractivity contribution in [1.29, 1.82) is 0 Å². The van der Waals surface area contributed by atoms with E-state index in [9.17, 15) is 4.79 Å². The van der Waals surface area contributed by atoms with E-state index in [0.29, 0.717) is 16.1 Å². The highest BCUT2D eigenvalue weighted by molar-refractivity contribution is 9.10. The van der Waals surface area contributed by atoms with E-state index in [2.05, 4.69) is 20.9 Å². The first-order valence-corrected chi connectivity index (χ1v) is 4.91. The fraction of sp³-hybridized carbons (Fsp3) is 0. The van der Waals surface area contributed by atoms with E-state index in [1.165, 1.54) is 18.4 Å². The number of hydrogen-bond donors (Lipinski definition) is 1. The average molecular weight is 268 g/mol. The number of pyridine rings is 1. The van der Waals surface area contributed by atoms with E-state index in [4.69, 9.17) is 9.52 Å². The van der Waals surface area contributed by atoms with Gasteiger partial charge in [-0.2, -0.15) is 0 Å². The first-order valence-electron chi connectivity index (χ1n) is 4.11. The van der Waals surface area contributed by atoms with Gasteiger partial charge in [0.2, 0.25) is 0 Å². The molecule has 1 N–H and O–H groups in total. The number of furan rings is 1. The molecule has 2 rings (SSSR count). The van der Waals surface area contributed by atoms with Crippen LogP contribution in [-0.2, 0) is 0 Å². The normalized spacial score (nSPS) is 10.2. The Morgan fingerprint density at radius 1 is 1.47 bits per heavy atom. The predicted molar refractivity (Wildman–Crippen MR) is 56.6 cm³/mol. The lowest BCUT2D eigenvalue weighted by Gasteiger charge is -2.00. The highest BCUT2D eigenvalue weighted by Crippen LogP contribution is 2.21. The predicted octanol–water partition coefficient (Wildman–Crippen LogP) is 2.80. The van der Waals surface area contributed by atoms with E-state index in [1.54, 1.807) is 12.1 Å². The molecule has 76 valence electrons. The second-order valence-corrected chi connectivity index (χ2v) is 3.66. The van der Waals surface area contributed by atoms with Gasteiger partial charge in [-0.15, -0.1) is 0 Å². The van der Waals surface area contributed by atoms with Crippen LogP contribution in [0.25, 0.3) is 11.5 Å². The molecule has 0 aromatic carbocycles. The Kier molecular flexibility index (Phi) is 2.55. The summed E-state index contributed by atoms with van der Waals surface area (Å²) in [4.78, 5) is 14.9. The van der Waals surface area contributed by atoms with Crippen molar-refractivity contribution >= 4 is 21.9 Å². The lowest BCUT2D eigenvalue weighted by molar-refractivity contribution is 0.0696. The lowest BCUT2D eigenvalue weighted by atomic mass is 10.2. The van der Waals surface area contributed by atoms with Crippen LogP contribution in [0.4, 0.5) is 0 Å². The molecule has 0 aliphatic carbocycles. The Balaban J connectivity index is 2.54. The molecule has 2 aromatic rings. The summed E-state index contributed by atoms with van der Waals surface area (Å²) in [5.74, 6) is -0.454. The van der Waals surface area contributed by atoms with Crippen molar-refractivity contribution in [3.8, 4) is 11.5 Å². The van der Waals surface area contributed by atoms with Crippen LogP contribution < -0.4 is 0 Å². The van der Waals surface area contributed by atoms with Crippen molar-refractivity contribution in [1.82, 2.24) is 4.98 Å². The zero-order valence-corrected chi connectivity index (χ0v) is 9.06. The van der Waals surface area contributed by atoms with Crippen LogP contribution in [-0.4, -0.2) is 16.1 Å².